The predicted molar refractivity (Wildman–Crippen MR) is 355 cm³/mol. The minimum absolute atomic E-state index is 0.211. The fourth-order valence-corrected chi connectivity index (χ4v) is 8.72. The summed E-state index contributed by atoms with van der Waals surface area (Å²) in [5.74, 6) is -0.898. The molecule has 1 atom stereocenters. The number of hydrogen-bond acceptors (Lipinski definition) is 12. The van der Waals surface area contributed by atoms with E-state index in [4.69, 9.17) is 18.9 Å². The van der Waals surface area contributed by atoms with Crippen LogP contribution in [0.15, 0.2) is 121 Å². The van der Waals surface area contributed by atoms with Crippen LogP contribution in [0, 0.1) is 0 Å². The van der Waals surface area contributed by atoms with Crippen LogP contribution < -0.4 is 0 Å². The molecule has 0 heterocycles. The second kappa shape index (κ2) is 57.2. The lowest BCUT2D eigenvalue weighted by atomic mass is 10.2. The smallest absolute Gasteiger partial charge is 0.338 e. The average molecular weight is 1210 g/mol. The van der Waals surface area contributed by atoms with Crippen molar-refractivity contribution in [3.8, 4) is 0 Å². The van der Waals surface area contributed by atoms with Gasteiger partial charge in [0.1, 0.15) is 52.6 Å². The van der Waals surface area contributed by atoms with E-state index in [-0.39, 0.29) is 23.9 Å². The summed E-state index contributed by atoms with van der Waals surface area (Å²) in [5, 5.41) is 0. The first-order valence-corrected chi connectivity index (χ1v) is 31.0. The van der Waals surface area contributed by atoms with Crippen LogP contribution in [0.3, 0.4) is 0 Å². The molecule has 0 bridgehead atoms. The van der Waals surface area contributed by atoms with Crippen molar-refractivity contribution in [2.24, 2.45) is 0 Å². The van der Waals surface area contributed by atoms with Gasteiger partial charge in [0.25, 0.3) is 0 Å². The molecule has 86 heavy (non-hydrogen) atoms. The third-order valence-corrected chi connectivity index (χ3v) is 13.9. The van der Waals surface area contributed by atoms with E-state index in [0.29, 0.717) is 48.7 Å². The molecule has 16 heteroatoms. The van der Waals surface area contributed by atoms with Gasteiger partial charge in [-0.15, -0.1) is 0 Å². The lowest BCUT2D eigenvalue weighted by Crippen LogP contribution is -2.51. The number of benzene rings is 4. The summed E-state index contributed by atoms with van der Waals surface area (Å²) >= 11 is 0. The van der Waals surface area contributed by atoms with Crippen molar-refractivity contribution in [1.29, 1.82) is 0 Å². The molecule has 4 aromatic carbocycles. The SMILES string of the molecule is CCCC[N+](CC)(CCC)CCOC(=O)c1ccccc1.CCC[N+](CC)(CCC)CCOC(=O)c1ccccc1.CC[N+](CC)(CC)CCOC(=O)c1ccccc1.COC.COC.COC.COC.C[N+](C)(C)CCOC(=O)c1ccccc1. The first kappa shape index (κ1) is 86.9. The zero-order valence-corrected chi connectivity index (χ0v) is 57.8. The molecule has 0 aliphatic rings. The van der Waals surface area contributed by atoms with Crippen LogP contribution in [0.25, 0.3) is 0 Å². The van der Waals surface area contributed by atoms with Gasteiger partial charge in [-0.05, 0) is 109 Å². The summed E-state index contributed by atoms with van der Waals surface area (Å²) in [7, 11) is 19.2. The molecule has 0 aliphatic carbocycles. The molecular formula is C70H124N4O12+4. The topological polar surface area (TPSA) is 142 Å². The van der Waals surface area contributed by atoms with Gasteiger partial charge in [-0.1, -0.05) is 107 Å². The summed E-state index contributed by atoms with van der Waals surface area (Å²) in [6, 6.07) is 36.6. The largest absolute Gasteiger partial charge is 0.456 e. The fraction of sp³-hybridized carbons (Fsp3) is 0.600. The van der Waals surface area contributed by atoms with Gasteiger partial charge in [0.05, 0.1) is 102 Å². The molecule has 1 unspecified atom stereocenters. The number of quaternary nitrogens is 4. The molecule has 0 fully saturated rings. The van der Waals surface area contributed by atoms with E-state index < -0.39 is 0 Å². The Morgan fingerprint density at radius 2 is 0.500 bits per heavy atom. The standard InChI is InChI=1S/C18H30NO2.C17H28NO2.C15H24NO2.C12H18NO2.4C2H6O/c1-4-7-14-19(6-3,13-5-2)15-16-21-18(20)17-11-9-8-10-12-17;1-4-12-18(6-3,13-5-2)14-15-20-17(19)16-10-8-7-9-11-16;1-4-16(5-2,6-3)12-13-18-15(17)14-10-8-7-9-11-14;1-13(2,3)9-10-15-12(14)11-7-5-4-6-8-11;4*1-3-2/h8-12H,4-7,13-16H2,1-3H3;7-11H,4-6,12-15H2,1-3H3;7-11H,4-6,12-13H2,1-3H3;4-8H,9-10H2,1-3H3;4*1-2H3/q4*+1;;;;. The second-order valence-electron chi connectivity index (χ2n) is 21.7. The Kier molecular flexibility index (Phi) is 57.8. The van der Waals surface area contributed by atoms with E-state index >= 15 is 0 Å². The number of ether oxygens (including phenoxy) is 8. The zero-order chi connectivity index (χ0) is 66.0. The van der Waals surface area contributed by atoms with Gasteiger partial charge in [0.2, 0.25) is 0 Å². The number of rotatable bonds is 30. The lowest BCUT2D eigenvalue weighted by Gasteiger charge is -2.37. The maximum Gasteiger partial charge on any atom is 0.338 e. The normalized spacial score (nSPS) is 11.1. The van der Waals surface area contributed by atoms with Crippen LogP contribution in [-0.2, 0) is 37.9 Å². The third-order valence-electron chi connectivity index (χ3n) is 13.9. The summed E-state index contributed by atoms with van der Waals surface area (Å²) in [6.45, 7) is 35.5. The summed E-state index contributed by atoms with van der Waals surface area (Å²) in [6.07, 6.45) is 5.96. The number of likely N-dealkylation sites (N-methyl/N-ethyl adjacent to an activating group) is 4. The summed E-state index contributed by atoms with van der Waals surface area (Å²) in [5.41, 5.74) is 2.50. The Hall–Kier alpha value is -5.56. The third kappa shape index (κ3) is 44.8. The first-order chi connectivity index (χ1) is 41.2. The van der Waals surface area contributed by atoms with Crippen molar-refractivity contribution in [1.82, 2.24) is 0 Å². The number of unbranched alkanes of at least 4 members (excludes halogenated alkanes) is 1. The molecule has 0 saturated carbocycles. The van der Waals surface area contributed by atoms with Gasteiger partial charge >= 0.3 is 23.9 Å². The van der Waals surface area contributed by atoms with Crippen LogP contribution in [-0.4, -0.2) is 231 Å². The number of carbonyl (C=O) groups excluding carboxylic acids is 4. The van der Waals surface area contributed by atoms with Crippen molar-refractivity contribution < 1.29 is 75.0 Å². The van der Waals surface area contributed by atoms with Gasteiger partial charge in [-0.3, -0.25) is 0 Å². The van der Waals surface area contributed by atoms with Crippen molar-refractivity contribution in [2.45, 2.75) is 94.4 Å². The maximum absolute atomic E-state index is 12.0. The van der Waals surface area contributed by atoms with E-state index in [1.807, 2.05) is 72.8 Å². The minimum atomic E-state index is -0.246. The molecule has 16 nitrogen and oxygen atoms in total. The predicted octanol–water partition coefficient (Wildman–Crippen LogP) is 12.7. The van der Waals surface area contributed by atoms with Gasteiger partial charge < -0.3 is 55.8 Å². The summed E-state index contributed by atoms with van der Waals surface area (Å²) in [4.78, 5) is 47.1. The summed E-state index contributed by atoms with van der Waals surface area (Å²) < 4.78 is 42.3. The quantitative estimate of drug-likeness (QED) is 0.0279. The van der Waals surface area contributed by atoms with E-state index in [9.17, 15) is 19.2 Å². The van der Waals surface area contributed by atoms with E-state index in [2.05, 4.69) is 102 Å². The van der Waals surface area contributed by atoms with Crippen LogP contribution in [0.4, 0.5) is 0 Å². The zero-order valence-electron chi connectivity index (χ0n) is 57.8. The highest BCUT2D eigenvalue weighted by atomic mass is 16.5. The minimum Gasteiger partial charge on any atom is -0.456 e. The first-order valence-electron chi connectivity index (χ1n) is 31.0. The number of methoxy groups -OCH3 is 4. The Bertz CT molecular complexity index is 2120. The molecule has 0 spiro atoms. The monoisotopic (exact) mass is 1210 g/mol. The van der Waals surface area contributed by atoms with E-state index in [0.717, 1.165) is 89.9 Å². The molecule has 0 saturated heterocycles. The Morgan fingerprint density at radius 1 is 0.291 bits per heavy atom. The van der Waals surface area contributed by atoms with E-state index in [1.54, 1.807) is 105 Å². The molecular weight excluding hydrogens is 1090 g/mol. The van der Waals surface area contributed by atoms with Crippen molar-refractivity contribution in [3.05, 3.63) is 144 Å². The second-order valence-corrected chi connectivity index (χ2v) is 21.7. The lowest BCUT2D eigenvalue weighted by molar-refractivity contribution is -0.926. The fourth-order valence-electron chi connectivity index (χ4n) is 8.72. The number of hydrogen-bond donors (Lipinski definition) is 0. The highest BCUT2D eigenvalue weighted by Crippen LogP contribution is 2.14. The Morgan fingerprint density at radius 3 is 0.698 bits per heavy atom. The van der Waals surface area contributed by atoms with E-state index in [1.165, 1.54) is 45.2 Å². The Balaban J connectivity index is -0.000000491. The van der Waals surface area contributed by atoms with Crippen molar-refractivity contribution in [3.63, 3.8) is 0 Å². The molecule has 0 aromatic heterocycles. The number of esters is 4. The molecule has 0 radical (unpaired) electrons. The van der Waals surface area contributed by atoms with Crippen LogP contribution in [0.2, 0.25) is 0 Å². The molecule has 4 rings (SSSR count). The van der Waals surface area contributed by atoms with Gasteiger partial charge in [0.15, 0.2) is 0 Å². The highest BCUT2D eigenvalue weighted by molar-refractivity contribution is 5.90. The van der Waals surface area contributed by atoms with Crippen LogP contribution >= 0.6 is 0 Å². The number of carbonyl (C=O) groups is 4. The highest BCUT2D eigenvalue weighted by Gasteiger charge is 2.26. The number of nitrogens with zero attached hydrogens (tertiary/aromatic N) is 4. The maximum atomic E-state index is 12.0. The molecule has 0 amide bonds. The van der Waals surface area contributed by atoms with Crippen LogP contribution in [0.1, 0.15) is 136 Å². The molecule has 0 aliphatic heterocycles. The molecule has 4 aromatic rings. The molecule has 492 valence electrons. The Labute approximate surface area is 524 Å². The average Bonchev–Trinajstić information content (AvgIpc) is 3.67. The van der Waals surface area contributed by atoms with Crippen LogP contribution in [0.5, 0.6) is 0 Å². The van der Waals surface area contributed by atoms with Gasteiger partial charge in [0, 0.05) is 56.9 Å². The molecule has 0 N–H and O–H groups in total. The van der Waals surface area contributed by atoms with Gasteiger partial charge in [-0.2, -0.15) is 0 Å². The van der Waals surface area contributed by atoms with Gasteiger partial charge in [-0.25, -0.2) is 19.2 Å². The van der Waals surface area contributed by atoms with Crippen molar-refractivity contribution in [2.75, 3.05) is 190 Å². The van der Waals surface area contributed by atoms with Crippen molar-refractivity contribution >= 4 is 23.9 Å².